The molecular weight excluding hydrogens is 270 g/mol. The second-order valence-electron chi connectivity index (χ2n) is 5.26. The smallest absolute Gasteiger partial charge is 0.238 e. The molecule has 0 radical (unpaired) electrons. The lowest BCUT2D eigenvalue weighted by molar-refractivity contribution is -0.123. The molecule has 21 heavy (non-hydrogen) atoms. The first-order valence-electron chi connectivity index (χ1n) is 6.99. The maximum absolute atomic E-state index is 12.0. The topological polar surface area (TPSA) is 70.7 Å². The van der Waals surface area contributed by atoms with Gasteiger partial charge in [-0.05, 0) is 32.0 Å². The molecule has 2 N–H and O–H groups in total. The number of amides is 2. The van der Waals surface area contributed by atoms with Crippen molar-refractivity contribution in [2.45, 2.75) is 18.9 Å². The number of nitrogens with one attached hydrogen (secondary N) is 2. The van der Waals surface area contributed by atoms with Crippen LogP contribution in [0.4, 0.5) is 5.69 Å². The van der Waals surface area contributed by atoms with Crippen molar-refractivity contribution in [2.24, 2.45) is 0 Å². The molecule has 1 aliphatic carbocycles. The molecule has 1 aliphatic rings. The second-order valence-corrected chi connectivity index (χ2v) is 5.26. The molecule has 0 unspecified atom stereocenters. The van der Waals surface area contributed by atoms with Gasteiger partial charge in [-0.2, -0.15) is 0 Å². The Morgan fingerprint density at radius 3 is 2.57 bits per heavy atom. The zero-order chi connectivity index (χ0) is 15.2. The van der Waals surface area contributed by atoms with Crippen LogP contribution in [0.5, 0.6) is 5.75 Å². The first kappa shape index (κ1) is 15.3. The molecule has 2 rings (SSSR count). The number of anilines is 1. The van der Waals surface area contributed by atoms with Crippen LogP contribution in [0.25, 0.3) is 0 Å². The van der Waals surface area contributed by atoms with E-state index in [9.17, 15) is 9.59 Å². The summed E-state index contributed by atoms with van der Waals surface area (Å²) in [6.45, 7) is 0.367. The third-order valence-corrected chi connectivity index (χ3v) is 3.15. The maximum atomic E-state index is 12.0. The maximum Gasteiger partial charge on any atom is 0.238 e. The molecule has 0 spiro atoms. The number of carbonyl (C=O) groups excluding carboxylic acids is 2. The van der Waals surface area contributed by atoms with Gasteiger partial charge in [0.2, 0.25) is 11.8 Å². The Labute approximate surface area is 124 Å². The average molecular weight is 291 g/mol. The van der Waals surface area contributed by atoms with E-state index in [1.165, 1.54) is 0 Å². The van der Waals surface area contributed by atoms with Gasteiger partial charge in [0.1, 0.15) is 5.75 Å². The molecule has 1 saturated carbocycles. The van der Waals surface area contributed by atoms with Crippen molar-refractivity contribution >= 4 is 17.5 Å². The molecule has 1 aromatic rings. The molecule has 1 aromatic carbocycles. The van der Waals surface area contributed by atoms with Gasteiger partial charge >= 0.3 is 0 Å². The highest BCUT2D eigenvalue weighted by atomic mass is 16.5. The lowest BCUT2D eigenvalue weighted by atomic mass is 10.3. The molecule has 0 saturated heterocycles. The normalized spacial score (nSPS) is 13.9. The molecule has 114 valence electrons. The third kappa shape index (κ3) is 5.07. The Morgan fingerprint density at radius 1 is 1.24 bits per heavy atom. The highest BCUT2D eigenvalue weighted by molar-refractivity contribution is 5.94. The highest BCUT2D eigenvalue weighted by Gasteiger charge is 2.23. The summed E-state index contributed by atoms with van der Waals surface area (Å²) in [6, 6.07) is 7.56. The fourth-order valence-corrected chi connectivity index (χ4v) is 1.98. The summed E-state index contributed by atoms with van der Waals surface area (Å²) in [5, 5.41) is 5.68. The van der Waals surface area contributed by atoms with Crippen molar-refractivity contribution in [2.75, 3.05) is 32.6 Å². The lowest BCUT2D eigenvalue weighted by Gasteiger charge is -2.16. The number of likely N-dealkylation sites (N-methyl/N-ethyl adjacent to an activating group) is 1. The van der Waals surface area contributed by atoms with Crippen molar-refractivity contribution in [3.63, 3.8) is 0 Å². The van der Waals surface area contributed by atoms with E-state index in [4.69, 9.17) is 4.74 Å². The minimum absolute atomic E-state index is 0.0370. The Bertz CT molecular complexity index is 515. The van der Waals surface area contributed by atoms with Gasteiger partial charge in [0.25, 0.3) is 0 Å². The molecule has 6 nitrogen and oxygen atoms in total. The number of hydrogen-bond acceptors (Lipinski definition) is 4. The van der Waals surface area contributed by atoms with Crippen molar-refractivity contribution in [3.8, 4) is 5.75 Å². The van der Waals surface area contributed by atoms with Crippen LogP contribution in [-0.2, 0) is 9.59 Å². The molecule has 0 bridgehead atoms. The summed E-state index contributed by atoms with van der Waals surface area (Å²) < 4.78 is 5.17. The average Bonchev–Trinajstić information content (AvgIpc) is 3.22. The van der Waals surface area contributed by atoms with Gasteiger partial charge in [-0.3, -0.25) is 14.5 Å². The SMILES string of the molecule is COc1ccccc1NC(=O)CN(C)CC(=O)NC1CC1. The van der Waals surface area contributed by atoms with Crippen molar-refractivity contribution < 1.29 is 14.3 Å². The summed E-state index contributed by atoms with van der Waals surface area (Å²) in [5.74, 6) is 0.395. The van der Waals surface area contributed by atoms with E-state index >= 15 is 0 Å². The Balaban J connectivity index is 1.78. The van der Waals surface area contributed by atoms with E-state index < -0.39 is 0 Å². The standard InChI is InChI=1S/C15H21N3O3/c1-18(9-14(19)16-11-7-8-11)10-15(20)17-12-5-3-4-6-13(12)21-2/h3-6,11H,7-10H2,1-2H3,(H,16,19)(H,17,20). The van der Waals surface area contributed by atoms with Crippen LogP contribution in [0.15, 0.2) is 24.3 Å². The van der Waals surface area contributed by atoms with E-state index in [2.05, 4.69) is 10.6 Å². The molecule has 0 heterocycles. The van der Waals surface area contributed by atoms with Crippen LogP contribution in [-0.4, -0.2) is 50.0 Å². The Kier molecular flexibility index (Phi) is 5.16. The first-order chi connectivity index (χ1) is 10.1. The Morgan fingerprint density at radius 2 is 1.90 bits per heavy atom. The van der Waals surface area contributed by atoms with Crippen LogP contribution in [0, 0.1) is 0 Å². The highest BCUT2D eigenvalue weighted by Crippen LogP contribution is 2.22. The van der Waals surface area contributed by atoms with Crippen molar-refractivity contribution in [1.29, 1.82) is 0 Å². The van der Waals surface area contributed by atoms with Gasteiger partial charge in [0.15, 0.2) is 0 Å². The van der Waals surface area contributed by atoms with E-state index in [1.54, 1.807) is 31.2 Å². The van der Waals surface area contributed by atoms with Crippen LogP contribution in [0.3, 0.4) is 0 Å². The van der Waals surface area contributed by atoms with Crippen LogP contribution >= 0.6 is 0 Å². The van der Waals surface area contributed by atoms with Gasteiger partial charge in [-0.1, -0.05) is 12.1 Å². The Hall–Kier alpha value is -2.08. The zero-order valence-corrected chi connectivity index (χ0v) is 12.4. The zero-order valence-electron chi connectivity index (χ0n) is 12.4. The number of hydrogen-bond donors (Lipinski definition) is 2. The summed E-state index contributed by atoms with van der Waals surface area (Å²) >= 11 is 0. The number of ether oxygens (including phenoxy) is 1. The minimum Gasteiger partial charge on any atom is -0.495 e. The van der Waals surface area contributed by atoms with Crippen molar-refractivity contribution in [3.05, 3.63) is 24.3 Å². The predicted octanol–water partition coefficient (Wildman–Crippen LogP) is 0.844. The molecule has 0 aliphatic heterocycles. The van der Waals surface area contributed by atoms with E-state index in [1.807, 2.05) is 12.1 Å². The van der Waals surface area contributed by atoms with Gasteiger partial charge in [0, 0.05) is 6.04 Å². The second kappa shape index (κ2) is 7.08. The fraction of sp³-hybridized carbons (Fsp3) is 0.467. The molecule has 2 amide bonds. The van der Waals surface area contributed by atoms with E-state index in [-0.39, 0.29) is 24.9 Å². The van der Waals surface area contributed by atoms with Crippen molar-refractivity contribution in [1.82, 2.24) is 10.2 Å². The number of carbonyl (C=O) groups is 2. The number of para-hydroxylation sites is 2. The molecule has 1 fully saturated rings. The van der Waals surface area contributed by atoms with E-state index in [0.29, 0.717) is 17.5 Å². The number of nitrogens with zero attached hydrogens (tertiary/aromatic N) is 1. The first-order valence-corrected chi connectivity index (χ1v) is 6.99. The largest absolute Gasteiger partial charge is 0.495 e. The fourth-order valence-electron chi connectivity index (χ4n) is 1.98. The van der Waals surface area contributed by atoms with Gasteiger partial charge in [0.05, 0.1) is 25.9 Å². The van der Waals surface area contributed by atoms with Gasteiger partial charge in [-0.25, -0.2) is 0 Å². The number of benzene rings is 1. The molecule has 0 atom stereocenters. The van der Waals surface area contributed by atoms with Crippen LogP contribution < -0.4 is 15.4 Å². The van der Waals surface area contributed by atoms with Gasteiger partial charge < -0.3 is 15.4 Å². The summed E-state index contributed by atoms with van der Waals surface area (Å²) in [5.41, 5.74) is 0.626. The lowest BCUT2D eigenvalue weighted by Crippen LogP contribution is -2.39. The molecule has 0 aromatic heterocycles. The molecule has 6 heteroatoms. The van der Waals surface area contributed by atoms with Crippen LogP contribution in [0.1, 0.15) is 12.8 Å². The number of methoxy groups -OCH3 is 1. The minimum atomic E-state index is -0.179. The molecular formula is C15H21N3O3. The third-order valence-electron chi connectivity index (χ3n) is 3.15. The van der Waals surface area contributed by atoms with Gasteiger partial charge in [-0.15, -0.1) is 0 Å². The summed E-state index contributed by atoms with van der Waals surface area (Å²) in [7, 11) is 3.30. The monoisotopic (exact) mass is 291 g/mol. The van der Waals surface area contributed by atoms with Crippen LogP contribution in [0.2, 0.25) is 0 Å². The quantitative estimate of drug-likeness (QED) is 0.781. The predicted molar refractivity (Wildman–Crippen MR) is 80.3 cm³/mol. The van der Waals surface area contributed by atoms with E-state index in [0.717, 1.165) is 12.8 Å². The summed E-state index contributed by atoms with van der Waals surface area (Å²) in [4.78, 5) is 25.3. The number of rotatable bonds is 7. The summed E-state index contributed by atoms with van der Waals surface area (Å²) in [6.07, 6.45) is 2.12.